The van der Waals surface area contributed by atoms with Crippen molar-refractivity contribution in [2.75, 3.05) is 11.9 Å². The van der Waals surface area contributed by atoms with Crippen molar-refractivity contribution in [3.05, 3.63) is 90.3 Å². The molecule has 8 heteroatoms. The van der Waals surface area contributed by atoms with Crippen LogP contribution in [0.1, 0.15) is 52.7 Å². The number of hydrogen-bond donors (Lipinski definition) is 1. The number of anilines is 1. The molecule has 1 N–H and O–H groups in total. The second kappa shape index (κ2) is 9.73. The van der Waals surface area contributed by atoms with Gasteiger partial charge in [0.2, 0.25) is 5.91 Å². The van der Waals surface area contributed by atoms with E-state index < -0.39 is 0 Å². The van der Waals surface area contributed by atoms with Gasteiger partial charge < -0.3 is 10.2 Å². The minimum absolute atomic E-state index is 0.0813. The number of nitrogens with zero attached hydrogens (tertiary/aromatic N) is 5. The fourth-order valence-corrected chi connectivity index (χ4v) is 4.81. The predicted molar refractivity (Wildman–Crippen MR) is 139 cm³/mol. The van der Waals surface area contributed by atoms with Crippen LogP contribution >= 0.6 is 0 Å². The van der Waals surface area contributed by atoms with Crippen molar-refractivity contribution < 1.29 is 9.59 Å². The standard InChI is InChI=1S/C28H28N6O2/c1-4-24(35)33-15-6-5-7-22(33)27-32-25(26-19(3)29-14-16-34(26)27)20-8-10-21(11-9-20)28(36)31-23-17-18(2)12-13-30-23/h4,8-14,16-17,22H,1,5-7,15H2,2-3H3,(H,30,31,36)/t22-/m0/s1. The van der Waals surface area contributed by atoms with Gasteiger partial charge in [0.25, 0.3) is 5.91 Å². The summed E-state index contributed by atoms with van der Waals surface area (Å²) >= 11 is 0. The van der Waals surface area contributed by atoms with Gasteiger partial charge in [-0.05, 0) is 69.0 Å². The number of rotatable bonds is 5. The number of fused-ring (bicyclic) bond motifs is 1. The Morgan fingerprint density at radius 2 is 1.89 bits per heavy atom. The Balaban J connectivity index is 1.50. The molecule has 1 aliphatic rings. The van der Waals surface area contributed by atoms with Gasteiger partial charge in [-0.1, -0.05) is 18.7 Å². The minimum Gasteiger partial charge on any atom is -0.329 e. The van der Waals surface area contributed by atoms with Crippen LogP contribution in [0.2, 0.25) is 0 Å². The molecule has 0 bridgehead atoms. The normalized spacial score (nSPS) is 15.6. The molecule has 182 valence electrons. The maximum absolute atomic E-state index is 12.8. The average Bonchev–Trinajstić information content (AvgIpc) is 3.29. The molecule has 4 heterocycles. The zero-order valence-corrected chi connectivity index (χ0v) is 20.4. The molecule has 0 saturated carbocycles. The molecule has 1 saturated heterocycles. The van der Waals surface area contributed by atoms with Gasteiger partial charge in [0.1, 0.15) is 11.6 Å². The van der Waals surface area contributed by atoms with Crippen LogP contribution in [0.3, 0.4) is 0 Å². The van der Waals surface area contributed by atoms with Crippen molar-refractivity contribution in [1.82, 2.24) is 24.3 Å². The molecule has 36 heavy (non-hydrogen) atoms. The van der Waals surface area contributed by atoms with E-state index in [0.717, 1.165) is 53.1 Å². The van der Waals surface area contributed by atoms with Gasteiger partial charge in [-0.25, -0.2) is 9.97 Å². The van der Waals surface area contributed by atoms with Crippen molar-refractivity contribution in [3.63, 3.8) is 0 Å². The van der Waals surface area contributed by atoms with Crippen LogP contribution in [0.5, 0.6) is 0 Å². The van der Waals surface area contributed by atoms with Gasteiger partial charge in [0.05, 0.1) is 22.9 Å². The summed E-state index contributed by atoms with van der Waals surface area (Å²) in [4.78, 5) is 40.9. The number of carbonyl (C=O) groups excluding carboxylic acids is 2. The molecular formula is C28H28N6O2. The number of benzene rings is 1. The molecule has 2 amide bonds. The van der Waals surface area contributed by atoms with Crippen LogP contribution < -0.4 is 5.32 Å². The van der Waals surface area contributed by atoms with E-state index in [1.54, 1.807) is 24.5 Å². The van der Waals surface area contributed by atoms with Crippen LogP contribution in [-0.2, 0) is 4.79 Å². The van der Waals surface area contributed by atoms with Gasteiger partial charge in [-0.3, -0.25) is 19.0 Å². The molecule has 1 aliphatic heterocycles. The summed E-state index contributed by atoms with van der Waals surface area (Å²) < 4.78 is 2.04. The number of hydrogen-bond acceptors (Lipinski definition) is 5. The van der Waals surface area contributed by atoms with Crippen LogP contribution in [-0.4, -0.2) is 42.6 Å². The average molecular weight is 481 g/mol. The van der Waals surface area contributed by atoms with Crippen molar-refractivity contribution >= 4 is 23.1 Å². The van der Waals surface area contributed by atoms with Crippen molar-refractivity contribution in [3.8, 4) is 11.3 Å². The highest BCUT2D eigenvalue weighted by molar-refractivity contribution is 6.04. The summed E-state index contributed by atoms with van der Waals surface area (Å²) in [7, 11) is 0. The first-order valence-electron chi connectivity index (χ1n) is 12.1. The highest BCUT2D eigenvalue weighted by Crippen LogP contribution is 2.35. The van der Waals surface area contributed by atoms with Crippen molar-refractivity contribution in [1.29, 1.82) is 0 Å². The Hall–Kier alpha value is -4.33. The molecule has 1 fully saturated rings. The quantitative estimate of drug-likeness (QED) is 0.410. The summed E-state index contributed by atoms with van der Waals surface area (Å²) in [6.45, 7) is 8.27. The molecule has 4 aromatic rings. The Kier molecular flexibility index (Phi) is 6.33. The lowest BCUT2D eigenvalue weighted by atomic mass is 10.0. The molecule has 1 atom stereocenters. The molecule has 0 radical (unpaired) electrons. The molecular weight excluding hydrogens is 452 g/mol. The number of aromatic nitrogens is 4. The first-order valence-corrected chi connectivity index (χ1v) is 12.1. The number of pyridine rings is 1. The number of likely N-dealkylation sites (tertiary alicyclic amines) is 1. The third kappa shape index (κ3) is 4.37. The summed E-state index contributed by atoms with van der Waals surface area (Å²) in [5, 5.41) is 2.84. The number of imidazole rings is 1. The molecule has 8 nitrogen and oxygen atoms in total. The highest BCUT2D eigenvalue weighted by Gasteiger charge is 2.31. The van der Waals surface area contributed by atoms with E-state index in [-0.39, 0.29) is 17.9 Å². The predicted octanol–water partition coefficient (Wildman–Crippen LogP) is 4.90. The number of amides is 2. The molecule has 0 aliphatic carbocycles. The first-order chi connectivity index (χ1) is 17.5. The molecule has 0 spiro atoms. The lowest BCUT2D eigenvalue weighted by Crippen LogP contribution is -2.38. The number of carbonyl (C=O) groups is 2. The maximum Gasteiger partial charge on any atom is 0.256 e. The SMILES string of the molecule is C=CC(=O)N1CCCC[C@H]1c1nc(-c2ccc(C(=O)Nc3cc(C)ccn3)cc2)c2c(C)nccn12. The van der Waals surface area contributed by atoms with Gasteiger partial charge in [-0.15, -0.1) is 0 Å². The fourth-order valence-electron chi connectivity index (χ4n) is 4.81. The fraction of sp³-hybridized carbons (Fsp3) is 0.250. The summed E-state index contributed by atoms with van der Waals surface area (Å²) in [5.74, 6) is 1.02. The number of piperidine rings is 1. The number of nitrogens with one attached hydrogen (secondary N) is 1. The smallest absolute Gasteiger partial charge is 0.256 e. The molecule has 5 rings (SSSR count). The van der Waals surface area contributed by atoms with E-state index in [9.17, 15) is 9.59 Å². The Bertz CT molecular complexity index is 1460. The van der Waals surface area contributed by atoms with E-state index in [1.165, 1.54) is 6.08 Å². The second-order valence-corrected chi connectivity index (χ2v) is 9.05. The van der Waals surface area contributed by atoms with Gasteiger partial charge >= 0.3 is 0 Å². The van der Waals surface area contributed by atoms with Gasteiger partial charge in [0.15, 0.2) is 0 Å². The molecule has 1 aromatic carbocycles. The zero-order chi connectivity index (χ0) is 25.2. The minimum atomic E-state index is -0.228. The third-order valence-corrected chi connectivity index (χ3v) is 6.60. The summed E-state index contributed by atoms with van der Waals surface area (Å²) in [5.41, 5.74) is 4.93. The Labute approximate surface area is 209 Å². The second-order valence-electron chi connectivity index (χ2n) is 9.05. The van der Waals surface area contributed by atoms with E-state index in [1.807, 2.05) is 53.6 Å². The maximum atomic E-state index is 12.8. The molecule has 0 unspecified atom stereocenters. The van der Waals surface area contributed by atoms with Crippen molar-refractivity contribution in [2.24, 2.45) is 0 Å². The number of aryl methyl sites for hydroxylation is 2. The van der Waals surface area contributed by atoms with Gasteiger partial charge in [0, 0.05) is 36.3 Å². The first kappa shape index (κ1) is 23.4. The lowest BCUT2D eigenvalue weighted by Gasteiger charge is -2.34. The zero-order valence-electron chi connectivity index (χ0n) is 20.4. The van der Waals surface area contributed by atoms with E-state index in [2.05, 4.69) is 21.9 Å². The molecule has 3 aromatic heterocycles. The highest BCUT2D eigenvalue weighted by atomic mass is 16.2. The largest absolute Gasteiger partial charge is 0.329 e. The Morgan fingerprint density at radius 3 is 2.64 bits per heavy atom. The van der Waals surface area contributed by atoms with Crippen LogP contribution in [0.15, 0.2) is 67.6 Å². The van der Waals surface area contributed by atoms with E-state index >= 15 is 0 Å². The van der Waals surface area contributed by atoms with E-state index in [4.69, 9.17) is 4.98 Å². The topological polar surface area (TPSA) is 92.5 Å². The summed E-state index contributed by atoms with van der Waals surface area (Å²) in [6, 6.07) is 10.9. The Morgan fingerprint density at radius 1 is 1.08 bits per heavy atom. The van der Waals surface area contributed by atoms with E-state index in [0.29, 0.717) is 17.9 Å². The van der Waals surface area contributed by atoms with Crippen molar-refractivity contribution in [2.45, 2.75) is 39.2 Å². The monoisotopic (exact) mass is 480 g/mol. The van der Waals surface area contributed by atoms with Crippen LogP contribution in [0.25, 0.3) is 16.8 Å². The van der Waals surface area contributed by atoms with Gasteiger partial charge in [-0.2, -0.15) is 0 Å². The summed E-state index contributed by atoms with van der Waals surface area (Å²) in [6.07, 6.45) is 9.53. The lowest BCUT2D eigenvalue weighted by molar-refractivity contribution is -0.129. The van der Waals surface area contributed by atoms with Crippen LogP contribution in [0.4, 0.5) is 5.82 Å². The third-order valence-electron chi connectivity index (χ3n) is 6.60. The van der Waals surface area contributed by atoms with Crippen LogP contribution in [0, 0.1) is 13.8 Å².